The van der Waals surface area contributed by atoms with E-state index in [2.05, 4.69) is 12.4 Å². The first kappa shape index (κ1) is 16.6. The smallest absolute Gasteiger partial charge is 0.475 e. The summed E-state index contributed by atoms with van der Waals surface area (Å²) in [6.45, 7) is 0. The van der Waals surface area contributed by atoms with Gasteiger partial charge in [0.25, 0.3) is 0 Å². The fourth-order valence-corrected chi connectivity index (χ4v) is 0. The van der Waals surface area contributed by atoms with Crippen LogP contribution >= 0.6 is 0 Å². The van der Waals surface area contributed by atoms with Crippen LogP contribution in [-0.4, -0.2) is 7.05 Å². The molecular weight excluding hydrogens is 139 g/mol. The summed E-state index contributed by atoms with van der Waals surface area (Å²) in [6, 6.07) is 0. The molecule has 28 valence electrons. The maximum Gasteiger partial charge on any atom is 3.00 e. The van der Waals surface area contributed by atoms with E-state index in [1.54, 1.807) is 7.05 Å². The van der Waals surface area contributed by atoms with Gasteiger partial charge in [-0.3, -0.25) is 7.05 Å². The Hall–Kier alpha value is 1.06. The van der Waals surface area contributed by atoms with Gasteiger partial charge in [0.2, 0.25) is 0 Å². The van der Waals surface area contributed by atoms with Gasteiger partial charge in [-0.1, -0.05) is 0 Å². The largest absolute Gasteiger partial charge is 3.00 e. The molecule has 0 saturated heterocycles. The minimum absolute atomic E-state index is 0. The zero-order valence-electron chi connectivity index (χ0n) is 3.78. The first-order valence-electron chi connectivity index (χ1n) is 0.854. The molecule has 0 saturated carbocycles. The van der Waals surface area contributed by atoms with Crippen molar-refractivity contribution in [2.75, 3.05) is 7.05 Å². The Bertz CT molecular complexity index is 6.85. The SMILES string of the molecule is [CH2-]NC.[CH3-].[Y+3]. The van der Waals surface area contributed by atoms with Crippen LogP contribution in [0.4, 0.5) is 0 Å². The molecule has 0 amide bonds. The molecule has 0 aliphatic carbocycles. The third-order valence-corrected chi connectivity index (χ3v) is 0. The molecule has 0 aromatic rings. The predicted octanol–water partition coefficient (Wildman–Crippen LogP) is 0.445. The van der Waals surface area contributed by atoms with E-state index in [0.29, 0.717) is 0 Å². The van der Waals surface area contributed by atoms with E-state index in [9.17, 15) is 0 Å². The van der Waals surface area contributed by atoms with Crippen molar-refractivity contribution in [1.29, 1.82) is 0 Å². The second-order valence-corrected chi connectivity index (χ2v) is 0.354. The zero-order chi connectivity index (χ0) is 2.71. The van der Waals surface area contributed by atoms with Crippen LogP contribution in [0.3, 0.4) is 0 Å². The van der Waals surface area contributed by atoms with Crippen LogP contribution in [0.1, 0.15) is 0 Å². The summed E-state index contributed by atoms with van der Waals surface area (Å²) in [6.07, 6.45) is 0. The molecule has 0 fully saturated rings. The van der Waals surface area contributed by atoms with Gasteiger partial charge in [0, 0.05) is 0 Å². The molecule has 0 aromatic heterocycles. The van der Waals surface area contributed by atoms with Crippen molar-refractivity contribution in [3.8, 4) is 0 Å². The number of rotatable bonds is 0. The van der Waals surface area contributed by atoms with Gasteiger partial charge in [-0.25, -0.2) is 0 Å². The van der Waals surface area contributed by atoms with Gasteiger partial charge in [0.15, 0.2) is 0 Å². The summed E-state index contributed by atoms with van der Waals surface area (Å²) in [4.78, 5) is 0. The molecule has 1 nitrogen and oxygen atoms in total. The van der Waals surface area contributed by atoms with Crippen molar-refractivity contribution in [2.24, 2.45) is 0 Å². The second kappa shape index (κ2) is 19.6. The molecule has 0 rings (SSSR count). The molecule has 0 aromatic carbocycles. The van der Waals surface area contributed by atoms with Crippen molar-refractivity contribution in [2.45, 2.75) is 0 Å². The van der Waals surface area contributed by atoms with E-state index in [0.717, 1.165) is 0 Å². The summed E-state index contributed by atoms with van der Waals surface area (Å²) in [5, 5.41) is 2.50. The first-order valence-corrected chi connectivity index (χ1v) is 0.854. The molecule has 0 aliphatic heterocycles. The van der Waals surface area contributed by atoms with Gasteiger partial charge < -0.3 is 12.7 Å². The van der Waals surface area contributed by atoms with Gasteiger partial charge in [-0.2, -0.15) is 0 Å². The van der Waals surface area contributed by atoms with Gasteiger partial charge >= 0.3 is 32.7 Å². The molecule has 0 spiro atoms. The number of hydrogen-bond donors (Lipinski definition) is 1. The van der Waals surface area contributed by atoms with Crippen LogP contribution in [0.15, 0.2) is 0 Å². The van der Waals surface area contributed by atoms with Crippen molar-refractivity contribution >= 4 is 0 Å². The molecule has 5 heavy (non-hydrogen) atoms. The Morgan fingerprint density at radius 3 is 1.60 bits per heavy atom. The minimum atomic E-state index is 0. The van der Waals surface area contributed by atoms with Crippen LogP contribution in [0.2, 0.25) is 0 Å². The van der Waals surface area contributed by atoms with E-state index < -0.39 is 0 Å². The third kappa shape index (κ3) is 42.0. The average Bonchev–Trinajstić information content (AvgIpc) is 0.918. The Kier molecular flexibility index (Phi) is 65.0. The average molecular weight is 148 g/mol. The fraction of sp³-hybridized carbons (Fsp3) is 0.333. The van der Waals surface area contributed by atoms with Crippen LogP contribution < -0.4 is 5.32 Å². The number of hydrogen-bond acceptors (Lipinski definition) is 1. The number of nitrogens with one attached hydrogen (secondary N) is 1. The van der Waals surface area contributed by atoms with E-state index >= 15 is 0 Å². The molecule has 2 heteroatoms. The molecule has 0 radical (unpaired) electrons. The summed E-state index contributed by atoms with van der Waals surface area (Å²) >= 11 is 0. The maximum absolute atomic E-state index is 3.24. The van der Waals surface area contributed by atoms with E-state index in [4.69, 9.17) is 0 Å². The van der Waals surface area contributed by atoms with Crippen LogP contribution in [-0.2, 0) is 32.7 Å². The summed E-state index contributed by atoms with van der Waals surface area (Å²) in [5.74, 6) is 0. The Labute approximate surface area is 59.4 Å². The van der Waals surface area contributed by atoms with Crippen molar-refractivity contribution in [3.63, 3.8) is 0 Å². The maximum atomic E-state index is 3.24. The standard InChI is InChI=1S/C2H6N.CH3.Y/c1-3-2;;/h3H,1H2,2H3;1H3;/q2*-1;+3. The Morgan fingerprint density at radius 2 is 1.60 bits per heavy atom. The van der Waals surface area contributed by atoms with E-state index in [-0.39, 0.29) is 40.1 Å². The topological polar surface area (TPSA) is 12.0 Å². The van der Waals surface area contributed by atoms with Gasteiger partial charge in [-0.15, -0.1) is 0 Å². The third-order valence-electron chi connectivity index (χ3n) is 0. The molecule has 0 atom stereocenters. The monoisotopic (exact) mass is 148 g/mol. The van der Waals surface area contributed by atoms with Gasteiger partial charge in [0.05, 0.1) is 0 Å². The predicted molar refractivity (Wildman–Crippen MR) is 20.8 cm³/mol. The summed E-state index contributed by atoms with van der Waals surface area (Å²) in [7, 11) is 5.00. The van der Waals surface area contributed by atoms with E-state index in [1.165, 1.54) is 0 Å². The molecule has 0 aliphatic rings. The normalized spacial score (nSPS) is 3.60. The van der Waals surface area contributed by atoms with Crippen molar-refractivity contribution < 1.29 is 32.7 Å². The molecular formula is C3H9NY+. The minimum Gasteiger partial charge on any atom is -0.475 e. The molecule has 0 unspecified atom stereocenters. The zero-order valence-corrected chi connectivity index (χ0v) is 6.62. The van der Waals surface area contributed by atoms with Gasteiger partial charge in [-0.05, 0) is 7.05 Å². The first-order chi connectivity index (χ1) is 1.41. The van der Waals surface area contributed by atoms with Crippen molar-refractivity contribution in [1.82, 2.24) is 5.32 Å². The quantitative estimate of drug-likeness (QED) is 0.491. The summed E-state index contributed by atoms with van der Waals surface area (Å²) in [5.41, 5.74) is 0. The Morgan fingerprint density at radius 1 is 1.60 bits per heavy atom. The van der Waals surface area contributed by atoms with Crippen LogP contribution in [0, 0.1) is 14.5 Å². The fourth-order valence-electron chi connectivity index (χ4n) is 0. The summed E-state index contributed by atoms with van der Waals surface area (Å²) < 4.78 is 0. The second-order valence-electron chi connectivity index (χ2n) is 0.354. The molecule has 0 bridgehead atoms. The van der Waals surface area contributed by atoms with Gasteiger partial charge in [0.1, 0.15) is 0 Å². The molecule has 0 heterocycles. The molecule has 1 N–H and O–H groups in total. The van der Waals surface area contributed by atoms with Crippen molar-refractivity contribution in [3.05, 3.63) is 14.5 Å². The Balaban J connectivity index is -0.0000000200. The van der Waals surface area contributed by atoms with E-state index in [1.807, 2.05) is 0 Å². The van der Waals surface area contributed by atoms with Crippen LogP contribution in [0.5, 0.6) is 0 Å². The van der Waals surface area contributed by atoms with Crippen LogP contribution in [0.25, 0.3) is 0 Å².